The fourth-order valence-electron chi connectivity index (χ4n) is 4.26. The van der Waals surface area contributed by atoms with Crippen molar-refractivity contribution in [3.8, 4) is 0 Å². The molecule has 2 aliphatic heterocycles. The molecular weight excluding hydrogens is 222 g/mol. The van der Waals surface area contributed by atoms with E-state index in [4.69, 9.17) is 5.73 Å². The van der Waals surface area contributed by atoms with Crippen molar-refractivity contribution in [3.63, 3.8) is 0 Å². The Bertz CT molecular complexity index is 262. The highest BCUT2D eigenvalue weighted by molar-refractivity contribution is 4.93. The summed E-state index contributed by atoms with van der Waals surface area (Å²) in [6.45, 7) is 7.83. The second-order valence-corrected chi connectivity index (χ2v) is 6.68. The highest BCUT2D eigenvalue weighted by Gasteiger charge is 2.38. The van der Waals surface area contributed by atoms with E-state index in [1.165, 1.54) is 77.8 Å². The molecule has 3 fully saturated rings. The second kappa shape index (κ2) is 5.89. The summed E-state index contributed by atoms with van der Waals surface area (Å²) in [5.41, 5.74) is 6.28. The fraction of sp³-hybridized carbons (Fsp3) is 1.00. The Hall–Kier alpha value is -0.120. The van der Waals surface area contributed by atoms with Crippen molar-refractivity contribution in [1.82, 2.24) is 9.80 Å². The Balaban J connectivity index is 1.44. The van der Waals surface area contributed by atoms with Gasteiger partial charge in [-0.15, -0.1) is 0 Å². The Morgan fingerprint density at radius 1 is 0.833 bits per heavy atom. The molecule has 3 rings (SSSR count). The van der Waals surface area contributed by atoms with Gasteiger partial charge in [0.05, 0.1) is 0 Å². The zero-order valence-electron chi connectivity index (χ0n) is 11.7. The van der Waals surface area contributed by atoms with Crippen LogP contribution in [0.4, 0.5) is 0 Å². The normalized spacial score (nSPS) is 38.8. The quantitative estimate of drug-likeness (QED) is 0.826. The van der Waals surface area contributed by atoms with Crippen LogP contribution in [-0.4, -0.2) is 55.1 Å². The molecule has 3 unspecified atom stereocenters. The van der Waals surface area contributed by atoms with Crippen LogP contribution in [0.3, 0.4) is 0 Å². The molecule has 2 saturated heterocycles. The minimum atomic E-state index is 0.490. The van der Waals surface area contributed by atoms with Gasteiger partial charge in [-0.25, -0.2) is 0 Å². The Morgan fingerprint density at radius 3 is 2.39 bits per heavy atom. The summed E-state index contributed by atoms with van der Waals surface area (Å²) in [5.74, 6) is 1.72. The zero-order chi connectivity index (χ0) is 12.4. The molecule has 3 heteroatoms. The van der Waals surface area contributed by atoms with Gasteiger partial charge in [0.2, 0.25) is 0 Å². The number of hydrogen-bond donors (Lipinski definition) is 1. The minimum absolute atomic E-state index is 0.490. The number of likely N-dealkylation sites (tertiary alicyclic amines) is 2. The molecule has 0 spiro atoms. The summed E-state index contributed by atoms with van der Waals surface area (Å²) in [6, 6.07) is 0.490. The van der Waals surface area contributed by atoms with Crippen LogP contribution >= 0.6 is 0 Å². The van der Waals surface area contributed by atoms with Crippen molar-refractivity contribution < 1.29 is 0 Å². The number of nitrogens with two attached hydrogens (primary N) is 1. The monoisotopic (exact) mass is 251 g/mol. The maximum Gasteiger partial charge on any atom is 0.0110 e. The zero-order valence-corrected chi connectivity index (χ0v) is 11.7. The van der Waals surface area contributed by atoms with Crippen LogP contribution in [-0.2, 0) is 0 Å². The predicted molar refractivity (Wildman–Crippen MR) is 75.5 cm³/mol. The Morgan fingerprint density at radius 2 is 1.61 bits per heavy atom. The van der Waals surface area contributed by atoms with E-state index in [1.54, 1.807) is 0 Å². The average Bonchev–Trinajstić information content (AvgIpc) is 2.82. The first-order valence-electron chi connectivity index (χ1n) is 8.03. The number of rotatable bonds is 3. The first kappa shape index (κ1) is 12.9. The average molecular weight is 251 g/mol. The van der Waals surface area contributed by atoms with Gasteiger partial charge < -0.3 is 15.5 Å². The van der Waals surface area contributed by atoms with E-state index in [0.717, 1.165) is 11.8 Å². The minimum Gasteiger partial charge on any atom is -0.327 e. The van der Waals surface area contributed by atoms with Crippen molar-refractivity contribution in [2.45, 2.75) is 44.6 Å². The van der Waals surface area contributed by atoms with Gasteiger partial charge in [0, 0.05) is 32.2 Å². The predicted octanol–water partition coefficient (Wildman–Crippen LogP) is 1.53. The van der Waals surface area contributed by atoms with Crippen LogP contribution < -0.4 is 5.73 Å². The molecule has 0 aromatic rings. The smallest absolute Gasteiger partial charge is 0.0110 e. The first-order valence-corrected chi connectivity index (χ1v) is 8.03. The Kier molecular flexibility index (Phi) is 4.22. The summed E-state index contributed by atoms with van der Waals surface area (Å²) < 4.78 is 0. The van der Waals surface area contributed by atoms with Crippen LogP contribution in [0.2, 0.25) is 0 Å². The van der Waals surface area contributed by atoms with E-state index in [1.807, 2.05) is 0 Å². The Labute approximate surface area is 112 Å². The summed E-state index contributed by atoms with van der Waals surface area (Å²) in [5, 5.41) is 0. The molecule has 3 nitrogen and oxygen atoms in total. The third kappa shape index (κ3) is 2.89. The summed E-state index contributed by atoms with van der Waals surface area (Å²) in [6.07, 6.45) is 8.33. The maximum absolute atomic E-state index is 6.28. The van der Waals surface area contributed by atoms with Crippen molar-refractivity contribution in [2.75, 3.05) is 39.3 Å². The van der Waals surface area contributed by atoms with Gasteiger partial charge in [0.1, 0.15) is 0 Å². The standard InChI is InChI=1S/C15H29N3/c16-15-6-4-5-13-11-18(12-14(13)15)10-9-17-7-2-1-3-8-17/h13-15H,1-12,16H2. The number of nitrogens with zero attached hydrogens (tertiary/aromatic N) is 2. The molecule has 0 aromatic heterocycles. The molecule has 2 heterocycles. The molecule has 18 heavy (non-hydrogen) atoms. The fourth-order valence-corrected chi connectivity index (χ4v) is 4.26. The lowest BCUT2D eigenvalue weighted by Crippen LogP contribution is -2.39. The summed E-state index contributed by atoms with van der Waals surface area (Å²) in [7, 11) is 0. The molecule has 1 saturated carbocycles. The topological polar surface area (TPSA) is 32.5 Å². The van der Waals surface area contributed by atoms with Crippen LogP contribution in [0.5, 0.6) is 0 Å². The SMILES string of the molecule is NC1CCCC2CN(CCN3CCCCC3)CC12. The molecule has 0 radical (unpaired) electrons. The molecule has 3 atom stereocenters. The number of piperidine rings is 1. The van der Waals surface area contributed by atoms with Crippen molar-refractivity contribution >= 4 is 0 Å². The van der Waals surface area contributed by atoms with Gasteiger partial charge >= 0.3 is 0 Å². The van der Waals surface area contributed by atoms with Crippen molar-refractivity contribution in [2.24, 2.45) is 17.6 Å². The molecule has 104 valence electrons. The van der Waals surface area contributed by atoms with Gasteiger partial charge in [0.25, 0.3) is 0 Å². The maximum atomic E-state index is 6.28. The van der Waals surface area contributed by atoms with E-state index in [0.29, 0.717) is 6.04 Å². The highest BCUT2D eigenvalue weighted by Crippen LogP contribution is 2.35. The molecule has 0 bridgehead atoms. The molecule has 2 N–H and O–H groups in total. The number of fused-ring (bicyclic) bond motifs is 1. The van der Waals surface area contributed by atoms with Crippen LogP contribution in [0.1, 0.15) is 38.5 Å². The second-order valence-electron chi connectivity index (χ2n) is 6.68. The van der Waals surface area contributed by atoms with Gasteiger partial charge in [-0.1, -0.05) is 12.8 Å². The van der Waals surface area contributed by atoms with E-state index in [9.17, 15) is 0 Å². The molecule has 3 aliphatic rings. The lowest BCUT2D eigenvalue weighted by atomic mass is 9.78. The molecular formula is C15H29N3. The van der Waals surface area contributed by atoms with Gasteiger partial charge in [0.15, 0.2) is 0 Å². The highest BCUT2D eigenvalue weighted by atomic mass is 15.2. The van der Waals surface area contributed by atoms with Crippen molar-refractivity contribution in [3.05, 3.63) is 0 Å². The van der Waals surface area contributed by atoms with Crippen LogP contribution in [0.15, 0.2) is 0 Å². The van der Waals surface area contributed by atoms with Crippen molar-refractivity contribution in [1.29, 1.82) is 0 Å². The summed E-state index contributed by atoms with van der Waals surface area (Å²) >= 11 is 0. The van der Waals surface area contributed by atoms with E-state index in [2.05, 4.69) is 9.80 Å². The van der Waals surface area contributed by atoms with Gasteiger partial charge in [-0.05, 0) is 50.6 Å². The van der Waals surface area contributed by atoms with Crippen LogP contribution in [0.25, 0.3) is 0 Å². The lowest BCUT2D eigenvalue weighted by molar-refractivity contribution is 0.192. The third-order valence-electron chi connectivity index (χ3n) is 5.41. The van der Waals surface area contributed by atoms with E-state index in [-0.39, 0.29) is 0 Å². The summed E-state index contributed by atoms with van der Waals surface area (Å²) in [4.78, 5) is 5.35. The first-order chi connectivity index (χ1) is 8.83. The molecule has 1 aliphatic carbocycles. The third-order valence-corrected chi connectivity index (χ3v) is 5.41. The molecule has 0 aromatic carbocycles. The lowest BCUT2D eigenvalue weighted by Gasteiger charge is -2.30. The van der Waals surface area contributed by atoms with E-state index >= 15 is 0 Å². The van der Waals surface area contributed by atoms with Crippen LogP contribution in [0, 0.1) is 11.8 Å². The molecule has 0 amide bonds. The van der Waals surface area contributed by atoms with E-state index < -0.39 is 0 Å². The largest absolute Gasteiger partial charge is 0.327 e. The van der Waals surface area contributed by atoms with Gasteiger partial charge in [-0.3, -0.25) is 0 Å². The van der Waals surface area contributed by atoms with Gasteiger partial charge in [-0.2, -0.15) is 0 Å². The number of hydrogen-bond acceptors (Lipinski definition) is 3.